The minimum absolute atomic E-state index is 0. The van der Waals surface area contributed by atoms with E-state index < -0.39 is 0 Å². The molecule has 6 heteroatoms. The first-order valence-electron chi connectivity index (χ1n) is 10.6. The van der Waals surface area contributed by atoms with Crippen molar-refractivity contribution in [3.63, 3.8) is 0 Å². The van der Waals surface area contributed by atoms with Gasteiger partial charge in [0.05, 0.1) is 0 Å². The van der Waals surface area contributed by atoms with Gasteiger partial charge in [-0.15, -0.1) is 24.0 Å². The molecule has 1 aromatic carbocycles. The van der Waals surface area contributed by atoms with E-state index in [-0.39, 0.29) is 35.8 Å². The predicted octanol–water partition coefficient (Wildman–Crippen LogP) is 4.24. The van der Waals surface area contributed by atoms with Crippen LogP contribution in [0.5, 0.6) is 0 Å². The zero-order chi connectivity index (χ0) is 18.6. The second-order valence-electron chi connectivity index (χ2n) is 8.43. The van der Waals surface area contributed by atoms with Crippen molar-refractivity contribution < 1.29 is 4.79 Å². The smallest absolute Gasteiger partial charge is 0.227 e. The van der Waals surface area contributed by atoms with Crippen molar-refractivity contribution in [3.05, 3.63) is 29.8 Å². The van der Waals surface area contributed by atoms with Crippen LogP contribution in [-0.4, -0.2) is 36.9 Å². The van der Waals surface area contributed by atoms with Gasteiger partial charge in [0.2, 0.25) is 5.91 Å². The lowest BCUT2D eigenvalue weighted by atomic mass is 9.82. The van der Waals surface area contributed by atoms with E-state index in [0.29, 0.717) is 0 Å². The number of nitrogens with one attached hydrogen (secondary N) is 2. The zero-order valence-corrected chi connectivity index (χ0v) is 19.2. The minimum atomic E-state index is 0. The van der Waals surface area contributed by atoms with Gasteiger partial charge in [0.1, 0.15) is 0 Å². The molecule has 1 amide bonds. The second kappa shape index (κ2) is 9.94. The van der Waals surface area contributed by atoms with Gasteiger partial charge in [-0.1, -0.05) is 31.4 Å². The number of nitrogens with zero attached hydrogens (tertiary/aromatic N) is 2. The van der Waals surface area contributed by atoms with E-state index in [4.69, 9.17) is 0 Å². The molecule has 0 bridgehead atoms. The van der Waals surface area contributed by atoms with Gasteiger partial charge in [0.25, 0.3) is 0 Å². The largest absolute Gasteiger partial charge is 0.352 e. The number of carbonyl (C=O) groups is 1. The number of guanidine groups is 1. The van der Waals surface area contributed by atoms with Crippen LogP contribution in [-0.2, 0) is 11.3 Å². The third kappa shape index (κ3) is 4.99. The summed E-state index contributed by atoms with van der Waals surface area (Å²) in [6.45, 7) is 3.01. The summed E-state index contributed by atoms with van der Waals surface area (Å²) in [5.41, 5.74) is 2.06. The van der Waals surface area contributed by atoms with Crippen LogP contribution < -0.4 is 10.6 Å². The average Bonchev–Trinajstić information content (AvgIpc) is 3.05. The maximum absolute atomic E-state index is 12.2. The van der Waals surface area contributed by atoms with Gasteiger partial charge in [0, 0.05) is 38.3 Å². The van der Waals surface area contributed by atoms with Gasteiger partial charge in [-0.05, 0) is 55.2 Å². The molecular formula is C22H33IN4O. The second-order valence-corrected chi connectivity index (χ2v) is 8.43. The molecule has 1 heterocycles. The number of likely N-dealkylation sites (tertiary alicyclic amines) is 1. The molecule has 1 aromatic rings. The number of benzene rings is 1. The third-order valence-corrected chi connectivity index (χ3v) is 6.61. The van der Waals surface area contributed by atoms with E-state index in [1.54, 1.807) is 0 Å². The average molecular weight is 496 g/mol. The van der Waals surface area contributed by atoms with Crippen LogP contribution in [0.15, 0.2) is 29.3 Å². The highest BCUT2D eigenvalue weighted by atomic mass is 127. The fourth-order valence-electron chi connectivity index (χ4n) is 4.77. The first-order chi connectivity index (χ1) is 13.2. The summed E-state index contributed by atoms with van der Waals surface area (Å²) in [5.74, 6) is 3.09. The monoisotopic (exact) mass is 496 g/mol. The summed E-state index contributed by atoms with van der Waals surface area (Å²) >= 11 is 0. The molecule has 28 heavy (non-hydrogen) atoms. The van der Waals surface area contributed by atoms with Crippen LogP contribution >= 0.6 is 24.0 Å². The summed E-state index contributed by atoms with van der Waals surface area (Å²) < 4.78 is 0. The van der Waals surface area contributed by atoms with E-state index >= 15 is 0 Å². The van der Waals surface area contributed by atoms with Crippen molar-refractivity contribution in [1.29, 1.82) is 0 Å². The molecule has 3 fully saturated rings. The molecule has 4 rings (SSSR count). The van der Waals surface area contributed by atoms with Crippen molar-refractivity contribution >= 4 is 41.5 Å². The summed E-state index contributed by atoms with van der Waals surface area (Å²) in [7, 11) is 1.87. The van der Waals surface area contributed by atoms with Gasteiger partial charge in [-0.2, -0.15) is 0 Å². The van der Waals surface area contributed by atoms with Gasteiger partial charge in [-0.25, -0.2) is 0 Å². The Morgan fingerprint density at radius 2 is 1.82 bits per heavy atom. The number of anilines is 1. The maximum atomic E-state index is 12.2. The minimum Gasteiger partial charge on any atom is -0.352 e. The number of carbonyl (C=O) groups excluding carboxylic acids is 1. The summed E-state index contributed by atoms with van der Waals surface area (Å²) in [5, 5.41) is 6.59. The normalized spacial score (nSPS) is 24.8. The Morgan fingerprint density at radius 3 is 2.43 bits per heavy atom. The predicted molar refractivity (Wildman–Crippen MR) is 125 cm³/mol. The Balaban J connectivity index is 0.00000225. The van der Waals surface area contributed by atoms with Crippen molar-refractivity contribution in [1.82, 2.24) is 10.2 Å². The molecule has 3 aliphatic rings. The number of hydrogen-bond acceptors (Lipinski definition) is 2. The number of amides is 1. The van der Waals surface area contributed by atoms with Gasteiger partial charge >= 0.3 is 0 Å². The van der Waals surface area contributed by atoms with Crippen LogP contribution in [0.3, 0.4) is 0 Å². The molecule has 5 nitrogen and oxygen atoms in total. The number of hydrogen-bond donors (Lipinski definition) is 2. The Bertz CT molecular complexity index is 690. The number of halogens is 1. The van der Waals surface area contributed by atoms with Crippen LogP contribution in [0.1, 0.15) is 50.5 Å². The molecular weight excluding hydrogens is 463 g/mol. The molecule has 1 saturated heterocycles. The lowest BCUT2D eigenvalue weighted by molar-refractivity contribution is -0.122. The highest BCUT2D eigenvalue weighted by Gasteiger charge is 2.35. The van der Waals surface area contributed by atoms with E-state index in [1.807, 2.05) is 19.2 Å². The molecule has 2 atom stereocenters. The number of fused-ring (bicyclic) bond motifs is 1. The summed E-state index contributed by atoms with van der Waals surface area (Å²) in [6, 6.07) is 8.16. The fraction of sp³-hybridized carbons (Fsp3) is 0.636. The molecule has 2 unspecified atom stereocenters. The number of aliphatic imine (C=N–C) groups is 1. The Morgan fingerprint density at radius 1 is 1.11 bits per heavy atom. The highest BCUT2D eigenvalue weighted by Crippen LogP contribution is 2.36. The van der Waals surface area contributed by atoms with E-state index in [1.165, 1.54) is 37.7 Å². The van der Waals surface area contributed by atoms with Gasteiger partial charge < -0.3 is 15.5 Å². The first kappa shape index (κ1) is 21.4. The third-order valence-electron chi connectivity index (χ3n) is 6.61. The van der Waals surface area contributed by atoms with Crippen molar-refractivity contribution in [2.24, 2.45) is 22.7 Å². The first-order valence-corrected chi connectivity index (χ1v) is 10.6. The fourth-order valence-corrected chi connectivity index (χ4v) is 4.77. The van der Waals surface area contributed by atoms with Crippen LogP contribution in [0, 0.1) is 17.8 Å². The van der Waals surface area contributed by atoms with Crippen LogP contribution in [0.25, 0.3) is 0 Å². The van der Waals surface area contributed by atoms with E-state index in [9.17, 15) is 4.79 Å². The zero-order valence-electron chi connectivity index (χ0n) is 16.8. The van der Waals surface area contributed by atoms with Gasteiger partial charge in [-0.3, -0.25) is 9.79 Å². The molecule has 154 valence electrons. The molecule has 0 aromatic heterocycles. The van der Waals surface area contributed by atoms with Crippen LogP contribution in [0.4, 0.5) is 5.69 Å². The molecule has 0 radical (unpaired) electrons. The summed E-state index contributed by atoms with van der Waals surface area (Å²) in [6.07, 6.45) is 8.77. The quantitative estimate of drug-likeness (QED) is 0.373. The topological polar surface area (TPSA) is 56.7 Å². The lowest BCUT2D eigenvalue weighted by Gasteiger charge is -2.24. The van der Waals surface area contributed by atoms with Crippen molar-refractivity contribution in [2.45, 2.75) is 51.5 Å². The van der Waals surface area contributed by atoms with E-state index in [0.717, 1.165) is 56.0 Å². The highest BCUT2D eigenvalue weighted by molar-refractivity contribution is 14.0. The Labute approximate surface area is 185 Å². The van der Waals surface area contributed by atoms with Gasteiger partial charge in [0.15, 0.2) is 5.96 Å². The SMILES string of the molecule is CN=C(NCc1cccc(NC(=O)C2CCC2)c1)N1CC2CCCCC2C1.I. The standard InChI is InChI=1S/C22H32N4O.HI/c1-23-22(26-14-18-7-2-3-8-19(18)15-26)24-13-16-6-4-11-20(12-16)25-21(27)17-9-5-10-17;/h4,6,11-12,17-19H,2-3,5,7-10,13-15H2,1H3,(H,23,24)(H,25,27);1H. The lowest BCUT2D eigenvalue weighted by Crippen LogP contribution is -2.39. The van der Waals surface area contributed by atoms with Crippen molar-refractivity contribution in [3.8, 4) is 0 Å². The summed E-state index contributed by atoms with van der Waals surface area (Å²) in [4.78, 5) is 19.1. The van der Waals surface area contributed by atoms with E-state index in [2.05, 4.69) is 32.7 Å². The van der Waals surface area contributed by atoms with Crippen LogP contribution in [0.2, 0.25) is 0 Å². The molecule has 0 spiro atoms. The molecule has 2 N–H and O–H groups in total. The van der Waals surface area contributed by atoms with Crippen molar-refractivity contribution in [2.75, 3.05) is 25.5 Å². The number of rotatable bonds is 4. The molecule has 1 aliphatic heterocycles. The maximum Gasteiger partial charge on any atom is 0.227 e. The Hall–Kier alpha value is -1.31. The Kier molecular flexibility index (Phi) is 7.60. The molecule has 2 saturated carbocycles. The molecule has 2 aliphatic carbocycles.